The van der Waals surface area contributed by atoms with Crippen molar-refractivity contribution >= 4 is 5.97 Å². The highest BCUT2D eigenvalue weighted by molar-refractivity contribution is 5.74. The van der Waals surface area contributed by atoms with Crippen molar-refractivity contribution in [2.24, 2.45) is 5.41 Å². The highest BCUT2D eigenvalue weighted by Gasteiger charge is 2.41. The molecule has 0 saturated carbocycles. The van der Waals surface area contributed by atoms with E-state index in [4.69, 9.17) is 9.47 Å². The molecular formula is C19H27NO4. The summed E-state index contributed by atoms with van der Waals surface area (Å²) in [6.07, 6.45) is 4.16. The monoisotopic (exact) mass is 333 g/mol. The van der Waals surface area contributed by atoms with Crippen molar-refractivity contribution in [3.8, 4) is 5.75 Å². The van der Waals surface area contributed by atoms with Crippen LogP contribution in [0.5, 0.6) is 5.75 Å². The molecule has 1 saturated heterocycles. The van der Waals surface area contributed by atoms with E-state index in [1.807, 2.05) is 0 Å². The first-order valence-electron chi connectivity index (χ1n) is 8.82. The highest BCUT2D eigenvalue weighted by Crippen LogP contribution is 2.36. The molecule has 5 heteroatoms. The molecule has 0 atom stereocenters. The van der Waals surface area contributed by atoms with Crippen molar-refractivity contribution in [2.75, 3.05) is 33.4 Å². The van der Waals surface area contributed by atoms with E-state index < -0.39 is 11.4 Å². The van der Waals surface area contributed by atoms with Gasteiger partial charge in [-0.25, -0.2) is 0 Å². The van der Waals surface area contributed by atoms with E-state index in [9.17, 15) is 9.90 Å². The molecule has 1 N–H and O–H groups in total. The summed E-state index contributed by atoms with van der Waals surface area (Å²) < 4.78 is 10.8. The minimum absolute atomic E-state index is 0.511. The predicted molar refractivity (Wildman–Crippen MR) is 91.3 cm³/mol. The topological polar surface area (TPSA) is 59.0 Å². The van der Waals surface area contributed by atoms with Gasteiger partial charge in [0.15, 0.2) is 0 Å². The second kappa shape index (κ2) is 7.53. The number of carbonyl (C=O) groups is 1. The third-order valence-electron chi connectivity index (χ3n) is 5.43. The van der Waals surface area contributed by atoms with Gasteiger partial charge in [-0.15, -0.1) is 0 Å². The van der Waals surface area contributed by atoms with Crippen LogP contribution in [0, 0.1) is 5.41 Å². The van der Waals surface area contributed by atoms with Gasteiger partial charge >= 0.3 is 5.97 Å². The molecule has 3 rings (SSSR count). The Morgan fingerprint density at radius 3 is 2.88 bits per heavy atom. The number of carboxylic acids is 1. The molecule has 1 aromatic carbocycles. The number of fused-ring (bicyclic) bond motifs is 1. The zero-order valence-corrected chi connectivity index (χ0v) is 14.4. The third-order valence-corrected chi connectivity index (χ3v) is 5.43. The number of aryl methyl sites for hydroxylation is 1. The van der Waals surface area contributed by atoms with Crippen LogP contribution in [0.2, 0.25) is 0 Å². The Hall–Kier alpha value is -1.59. The van der Waals surface area contributed by atoms with Crippen LogP contribution in [0.4, 0.5) is 0 Å². The normalized spacial score (nSPS) is 20.2. The molecule has 0 unspecified atom stereocenters. The molecule has 24 heavy (non-hydrogen) atoms. The Labute approximate surface area is 143 Å². The molecule has 132 valence electrons. The molecule has 0 amide bonds. The molecule has 0 aliphatic carbocycles. The van der Waals surface area contributed by atoms with Gasteiger partial charge in [-0.1, -0.05) is 12.1 Å². The van der Waals surface area contributed by atoms with Crippen LogP contribution in [-0.4, -0.2) is 49.4 Å². The Morgan fingerprint density at radius 2 is 2.17 bits per heavy atom. The summed E-state index contributed by atoms with van der Waals surface area (Å²) in [5.74, 6) is 0.346. The highest BCUT2D eigenvalue weighted by atomic mass is 16.5. The van der Waals surface area contributed by atoms with E-state index in [0.29, 0.717) is 25.9 Å². The molecule has 0 aromatic heterocycles. The zero-order chi connectivity index (χ0) is 17.0. The van der Waals surface area contributed by atoms with Crippen LogP contribution in [-0.2, 0) is 22.5 Å². The summed E-state index contributed by atoms with van der Waals surface area (Å²) in [7, 11) is 1.63. The molecule has 0 spiro atoms. The van der Waals surface area contributed by atoms with E-state index in [1.54, 1.807) is 7.11 Å². The van der Waals surface area contributed by atoms with Crippen LogP contribution in [0.3, 0.4) is 0 Å². The maximum atomic E-state index is 11.7. The maximum absolute atomic E-state index is 11.7. The summed E-state index contributed by atoms with van der Waals surface area (Å²) in [4.78, 5) is 14.1. The Balaban J connectivity index is 1.59. The number of benzene rings is 1. The number of carboxylic acid groups (broad SMARTS) is 1. The number of piperidine rings is 1. The van der Waals surface area contributed by atoms with E-state index in [1.165, 1.54) is 11.1 Å². The number of rotatable bonds is 6. The Kier molecular flexibility index (Phi) is 5.41. The first-order chi connectivity index (χ1) is 11.6. The summed E-state index contributed by atoms with van der Waals surface area (Å²) in [5.41, 5.74) is 1.98. The molecule has 2 aliphatic heterocycles. The van der Waals surface area contributed by atoms with Gasteiger partial charge in [-0.2, -0.15) is 0 Å². The van der Waals surface area contributed by atoms with Gasteiger partial charge in [-0.05, 0) is 62.4 Å². The molecule has 1 aromatic rings. The van der Waals surface area contributed by atoms with Gasteiger partial charge < -0.3 is 14.6 Å². The quantitative estimate of drug-likeness (QED) is 0.867. The average Bonchev–Trinajstić information content (AvgIpc) is 2.61. The fraction of sp³-hybridized carbons (Fsp3) is 0.632. The van der Waals surface area contributed by atoms with Gasteiger partial charge in [0.1, 0.15) is 5.75 Å². The van der Waals surface area contributed by atoms with Crippen LogP contribution < -0.4 is 4.74 Å². The summed E-state index contributed by atoms with van der Waals surface area (Å²) in [5, 5.41) is 9.64. The van der Waals surface area contributed by atoms with Crippen molar-refractivity contribution in [1.29, 1.82) is 0 Å². The lowest BCUT2D eigenvalue weighted by atomic mass is 9.76. The fourth-order valence-corrected chi connectivity index (χ4v) is 3.78. The van der Waals surface area contributed by atoms with Gasteiger partial charge in [0, 0.05) is 20.3 Å². The maximum Gasteiger partial charge on any atom is 0.309 e. The van der Waals surface area contributed by atoms with Gasteiger partial charge in [0.05, 0.1) is 12.0 Å². The minimum Gasteiger partial charge on any atom is -0.493 e. The van der Waals surface area contributed by atoms with Crippen molar-refractivity contribution in [1.82, 2.24) is 4.90 Å². The van der Waals surface area contributed by atoms with Gasteiger partial charge in [0.2, 0.25) is 0 Å². The third kappa shape index (κ3) is 3.73. The van der Waals surface area contributed by atoms with Crippen molar-refractivity contribution in [3.05, 3.63) is 29.3 Å². The molecule has 0 bridgehead atoms. The number of nitrogens with zero attached hydrogens (tertiary/aromatic N) is 1. The van der Waals surface area contributed by atoms with Crippen molar-refractivity contribution in [2.45, 2.75) is 38.6 Å². The number of aliphatic carboxylic acids is 1. The molecule has 5 nitrogen and oxygen atoms in total. The molecule has 2 aliphatic rings. The second-order valence-electron chi connectivity index (χ2n) is 7.00. The summed E-state index contributed by atoms with van der Waals surface area (Å²) in [6, 6.07) is 6.46. The number of methoxy groups -OCH3 is 1. The molecule has 0 radical (unpaired) electrons. The van der Waals surface area contributed by atoms with Crippen LogP contribution in [0.1, 0.15) is 36.8 Å². The molecular weight excluding hydrogens is 306 g/mol. The largest absolute Gasteiger partial charge is 0.493 e. The van der Waals surface area contributed by atoms with Crippen molar-refractivity contribution in [3.63, 3.8) is 0 Å². The number of likely N-dealkylation sites (tertiary alicyclic amines) is 1. The smallest absolute Gasteiger partial charge is 0.309 e. The fourth-order valence-electron chi connectivity index (χ4n) is 3.78. The lowest BCUT2D eigenvalue weighted by Gasteiger charge is -2.39. The number of hydrogen-bond donors (Lipinski definition) is 1. The second-order valence-corrected chi connectivity index (χ2v) is 7.00. The molecule has 2 heterocycles. The predicted octanol–water partition coefficient (Wildman–Crippen LogP) is 2.71. The van der Waals surface area contributed by atoms with E-state index in [2.05, 4.69) is 23.1 Å². The average molecular weight is 333 g/mol. The van der Waals surface area contributed by atoms with Gasteiger partial charge in [-0.3, -0.25) is 9.69 Å². The first-order valence-corrected chi connectivity index (χ1v) is 8.82. The van der Waals surface area contributed by atoms with Crippen LogP contribution in [0.15, 0.2) is 18.2 Å². The van der Waals surface area contributed by atoms with Crippen LogP contribution >= 0.6 is 0 Å². The Bertz CT molecular complexity index is 579. The SMILES string of the molecule is COCCC1(C(=O)O)CCN(Cc2ccc3c(c2)CCCO3)CC1. The lowest BCUT2D eigenvalue weighted by molar-refractivity contribution is -0.153. The molecule has 1 fully saturated rings. The zero-order valence-electron chi connectivity index (χ0n) is 14.4. The number of hydrogen-bond acceptors (Lipinski definition) is 4. The van der Waals surface area contributed by atoms with Gasteiger partial charge in [0.25, 0.3) is 0 Å². The summed E-state index contributed by atoms with van der Waals surface area (Å²) >= 11 is 0. The van der Waals surface area contributed by atoms with E-state index in [-0.39, 0.29) is 0 Å². The van der Waals surface area contributed by atoms with Crippen LogP contribution in [0.25, 0.3) is 0 Å². The summed E-state index contributed by atoms with van der Waals surface area (Å²) in [6.45, 7) is 3.86. The van der Waals surface area contributed by atoms with E-state index in [0.717, 1.165) is 44.8 Å². The van der Waals surface area contributed by atoms with Crippen molar-refractivity contribution < 1.29 is 19.4 Å². The Morgan fingerprint density at radius 1 is 1.38 bits per heavy atom. The van der Waals surface area contributed by atoms with E-state index >= 15 is 0 Å². The standard InChI is InChI=1S/C19H27NO4/c1-23-12-8-19(18(21)22)6-9-20(10-7-19)14-15-4-5-17-16(13-15)3-2-11-24-17/h4-5,13H,2-3,6-12,14H2,1H3,(H,21,22). The minimum atomic E-state index is -0.676. The number of ether oxygens (including phenoxy) is 2. The first kappa shape index (κ1) is 17.2. The lowest BCUT2D eigenvalue weighted by Crippen LogP contribution is -2.44.